The van der Waals surface area contributed by atoms with Crippen LogP contribution in [-0.4, -0.2) is 47.9 Å². The van der Waals surface area contributed by atoms with Crippen LogP contribution in [0.5, 0.6) is 0 Å². The number of amides is 1. The van der Waals surface area contributed by atoms with E-state index in [-0.39, 0.29) is 5.91 Å². The van der Waals surface area contributed by atoms with Gasteiger partial charge in [0, 0.05) is 36.7 Å². The Bertz CT molecular complexity index is 453. The highest BCUT2D eigenvalue weighted by molar-refractivity contribution is 9.10. The molecule has 5 heteroatoms. The topological polar surface area (TPSA) is 49.6 Å². The predicted molar refractivity (Wildman–Crippen MR) is 84.4 cm³/mol. The Morgan fingerprint density at radius 3 is 2.20 bits per heavy atom. The van der Waals surface area contributed by atoms with E-state index in [4.69, 9.17) is 5.73 Å². The van der Waals surface area contributed by atoms with E-state index in [1.54, 1.807) is 6.92 Å². The largest absolute Gasteiger partial charge is 0.339 e. The molecule has 1 saturated heterocycles. The highest BCUT2D eigenvalue weighted by Gasteiger charge is 2.25. The molecule has 1 aromatic rings. The van der Waals surface area contributed by atoms with E-state index in [0.717, 1.165) is 30.7 Å². The summed E-state index contributed by atoms with van der Waals surface area (Å²) in [5, 5.41) is 0. The average Bonchev–Trinajstić information content (AvgIpc) is 2.46. The van der Waals surface area contributed by atoms with Crippen molar-refractivity contribution in [2.75, 3.05) is 26.2 Å². The van der Waals surface area contributed by atoms with Gasteiger partial charge in [-0.05, 0) is 31.5 Å². The van der Waals surface area contributed by atoms with Gasteiger partial charge in [-0.15, -0.1) is 0 Å². The number of nitrogens with zero attached hydrogens (tertiary/aromatic N) is 2. The summed E-state index contributed by atoms with van der Waals surface area (Å²) >= 11 is 3.46. The maximum Gasteiger partial charge on any atom is 0.239 e. The molecule has 0 bridgehead atoms. The molecule has 2 rings (SSSR count). The van der Waals surface area contributed by atoms with Crippen molar-refractivity contribution in [1.82, 2.24) is 9.80 Å². The van der Waals surface area contributed by atoms with Crippen molar-refractivity contribution in [3.05, 3.63) is 34.3 Å². The van der Waals surface area contributed by atoms with Crippen LogP contribution in [0.15, 0.2) is 28.7 Å². The lowest BCUT2D eigenvalue weighted by atomic mass is 10.1. The van der Waals surface area contributed by atoms with Crippen LogP contribution >= 0.6 is 15.9 Å². The molecule has 0 aliphatic carbocycles. The van der Waals surface area contributed by atoms with Gasteiger partial charge >= 0.3 is 0 Å². The lowest BCUT2D eigenvalue weighted by molar-refractivity contribution is -0.134. The molecule has 1 aliphatic heterocycles. The van der Waals surface area contributed by atoms with Crippen LogP contribution in [0.25, 0.3) is 0 Å². The molecule has 4 nitrogen and oxygen atoms in total. The van der Waals surface area contributed by atoms with Crippen LogP contribution in [0.2, 0.25) is 0 Å². The molecule has 2 atom stereocenters. The Labute approximate surface area is 129 Å². The molecular formula is C15H22BrN3O. The third-order valence-corrected chi connectivity index (χ3v) is 4.44. The molecule has 20 heavy (non-hydrogen) atoms. The van der Waals surface area contributed by atoms with Gasteiger partial charge in [-0.2, -0.15) is 0 Å². The summed E-state index contributed by atoms with van der Waals surface area (Å²) < 4.78 is 1.10. The summed E-state index contributed by atoms with van der Waals surface area (Å²) in [6.45, 7) is 7.29. The van der Waals surface area contributed by atoms with Crippen LogP contribution in [0.3, 0.4) is 0 Å². The maximum atomic E-state index is 11.9. The summed E-state index contributed by atoms with van der Waals surface area (Å²) in [6.07, 6.45) is 0. The van der Waals surface area contributed by atoms with Gasteiger partial charge in [0.1, 0.15) is 0 Å². The summed E-state index contributed by atoms with van der Waals surface area (Å²) in [6, 6.07) is 8.41. The lowest BCUT2D eigenvalue weighted by Crippen LogP contribution is -2.52. The number of rotatable bonds is 3. The Morgan fingerprint density at radius 2 is 1.70 bits per heavy atom. The summed E-state index contributed by atoms with van der Waals surface area (Å²) in [4.78, 5) is 16.1. The minimum absolute atomic E-state index is 0.0564. The van der Waals surface area contributed by atoms with Gasteiger partial charge in [0.2, 0.25) is 5.91 Å². The van der Waals surface area contributed by atoms with Crippen LogP contribution in [0, 0.1) is 0 Å². The summed E-state index contributed by atoms with van der Waals surface area (Å²) in [5.74, 6) is 0.0564. The number of benzene rings is 1. The number of hydrogen-bond acceptors (Lipinski definition) is 3. The van der Waals surface area contributed by atoms with Gasteiger partial charge in [-0.1, -0.05) is 28.1 Å². The number of hydrogen-bond donors (Lipinski definition) is 1. The molecule has 1 amide bonds. The predicted octanol–water partition coefficient (Wildman–Crippen LogP) is 2.00. The van der Waals surface area contributed by atoms with Gasteiger partial charge in [-0.25, -0.2) is 0 Å². The number of carbonyl (C=O) groups is 1. The summed E-state index contributed by atoms with van der Waals surface area (Å²) in [5.41, 5.74) is 6.96. The normalized spacial score (nSPS) is 19.7. The van der Waals surface area contributed by atoms with Crippen LogP contribution in [0.1, 0.15) is 25.5 Å². The van der Waals surface area contributed by atoms with Gasteiger partial charge in [-0.3, -0.25) is 9.69 Å². The first-order valence-corrected chi connectivity index (χ1v) is 7.82. The average molecular weight is 340 g/mol. The Kier molecular flexibility index (Phi) is 5.18. The first-order chi connectivity index (χ1) is 9.49. The van der Waals surface area contributed by atoms with Crippen molar-refractivity contribution in [3.63, 3.8) is 0 Å². The molecule has 1 unspecified atom stereocenters. The Balaban J connectivity index is 1.93. The summed E-state index contributed by atoms with van der Waals surface area (Å²) in [7, 11) is 0. The molecule has 1 fully saturated rings. The van der Waals surface area contributed by atoms with Crippen molar-refractivity contribution in [1.29, 1.82) is 0 Å². The van der Waals surface area contributed by atoms with Crippen molar-refractivity contribution in [3.8, 4) is 0 Å². The fourth-order valence-electron chi connectivity index (χ4n) is 2.57. The Hall–Kier alpha value is -0.910. The van der Waals surface area contributed by atoms with E-state index in [1.165, 1.54) is 5.56 Å². The number of nitrogens with two attached hydrogens (primary N) is 1. The fourth-order valence-corrected chi connectivity index (χ4v) is 2.83. The van der Waals surface area contributed by atoms with E-state index in [2.05, 4.69) is 52.0 Å². The minimum Gasteiger partial charge on any atom is -0.339 e. The van der Waals surface area contributed by atoms with Gasteiger partial charge in [0.05, 0.1) is 6.04 Å². The molecule has 1 aromatic carbocycles. The van der Waals surface area contributed by atoms with Gasteiger partial charge in [0.15, 0.2) is 0 Å². The Morgan fingerprint density at radius 1 is 1.15 bits per heavy atom. The molecule has 2 N–H and O–H groups in total. The monoisotopic (exact) mass is 339 g/mol. The molecule has 0 saturated carbocycles. The SMILES string of the molecule is CC(c1ccc(Br)cc1)N1CCN(C(=O)[C@@H](C)N)CC1. The van der Waals surface area contributed by atoms with Crippen LogP contribution in [-0.2, 0) is 4.79 Å². The van der Waals surface area contributed by atoms with E-state index in [0.29, 0.717) is 6.04 Å². The zero-order chi connectivity index (χ0) is 14.7. The third kappa shape index (κ3) is 3.59. The quantitative estimate of drug-likeness (QED) is 0.916. The molecule has 0 radical (unpaired) electrons. The zero-order valence-corrected chi connectivity index (χ0v) is 13.6. The second-order valence-electron chi connectivity index (χ2n) is 5.38. The highest BCUT2D eigenvalue weighted by atomic mass is 79.9. The second-order valence-corrected chi connectivity index (χ2v) is 6.29. The van der Waals surface area contributed by atoms with E-state index in [1.807, 2.05) is 4.90 Å². The molecule has 1 aliphatic rings. The van der Waals surface area contributed by atoms with Crippen LogP contribution in [0.4, 0.5) is 0 Å². The molecule has 0 aromatic heterocycles. The molecule has 0 spiro atoms. The number of piperazine rings is 1. The fraction of sp³-hybridized carbons (Fsp3) is 0.533. The standard InChI is InChI=1S/C15H22BrN3O/c1-11(17)15(20)19-9-7-18(8-10-19)12(2)13-3-5-14(16)6-4-13/h3-6,11-12H,7-10,17H2,1-2H3/t11-,12?/m1/s1. The van der Waals surface area contributed by atoms with Crippen LogP contribution < -0.4 is 5.73 Å². The molecule has 110 valence electrons. The highest BCUT2D eigenvalue weighted by Crippen LogP contribution is 2.23. The zero-order valence-electron chi connectivity index (χ0n) is 12.1. The number of carbonyl (C=O) groups excluding carboxylic acids is 1. The minimum atomic E-state index is -0.398. The first-order valence-electron chi connectivity index (χ1n) is 7.03. The second kappa shape index (κ2) is 6.70. The molecular weight excluding hydrogens is 318 g/mol. The van der Waals surface area contributed by atoms with Gasteiger partial charge < -0.3 is 10.6 Å². The van der Waals surface area contributed by atoms with Crippen molar-refractivity contribution >= 4 is 21.8 Å². The van der Waals surface area contributed by atoms with E-state index >= 15 is 0 Å². The third-order valence-electron chi connectivity index (χ3n) is 3.92. The van der Waals surface area contributed by atoms with Crippen molar-refractivity contribution in [2.45, 2.75) is 25.9 Å². The van der Waals surface area contributed by atoms with Crippen molar-refractivity contribution in [2.24, 2.45) is 5.73 Å². The smallest absolute Gasteiger partial charge is 0.239 e. The van der Waals surface area contributed by atoms with E-state index in [9.17, 15) is 4.79 Å². The van der Waals surface area contributed by atoms with Crippen molar-refractivity contribution < 1.29 is 4.79 Å². The number of halogens is 1. The maximum absolute atomic E-state index is 11.9. The van der Waals surface area contributed by atoms with E-state index < -0.39 is 6.04 Å². The van der Waals surface area contributed by atoms with Gasteiger partial charge in [0.25, 0.3) is 0 Å². The lowest BCUT2D eigenvalue weighted by Gasteiger charge is -2.38. The first kappa shape index (κ1) is 15.5. The molecule has 1 heterocycles.